The van der Waals surface area contributed by atoms with Gasteiger partial charge in [-0.15, -0.1) is 12.6 Å². The number of methoxy groups -OCH3 is 2. The van der Waals surface area contributed by atoms with Gasteiger partial charge in [0, 0.05) is 13.3 Å². The molecule has 0 aliphatic rings. The van der Waals surface area contributed by atoms with E-state index in [2.05, 4.69) is 221 Å². The van der Waals surface area contributed by atoms with Crippen LogP contribution in [0.25, 0.3) is 0 Å². The summed E-state index contributed by atoms with van der Waals surface area (Å²) in [5.41, 5.74) is 3.14. The maximum absolute atomic E-state index is 11.6. The van der Waals surface area contributed by atoms with Crippen LogP contribution in [0.5, 0.6) is 0 Å². The molecule has 16 heteroatoms. The second-order valence-corrected chi connectivity index (χ2v) is 20.2. The van der Waals surface area contributed by atoms with Gasteiger partial charge in [-0.1, -0.05) is 139 Å². The minimum atomic E-state index is -3.35. The first kappa shape index (κ1) is 62.5. The molecule has 0 heterocycles. The van der Waals surface area contributed by atoms with Crippen LogP contribution in [0.4, 0.5) is 17.6 Å². The van der Waals surface area contributed by atoms with Gasteiger partial charge in [-0.05, 0) is 94.8 Å². The molecule has 7 nitrogen and oxygen atoms in total. The summed E-state index contributed by atoms with van der Waals surface area (Å²) in [6.07, 6.45) is -2.32. The second kappa shape index (κ2) is 30.8. The van der Waals surface area contributed by atoms with Gasteiger partial charge < -0.3 is 18.3 Å². The summed E-state index contributed by atoms with van der Waals surface area (Å²) >= 11 is 0. The average molecular weight is 1010 g/mol. The number of rotatable bonds is 8. The summed E-state index contributed by atoms with van der Waals surface area (Å²) in [5, 5.41) is 0. The topological polar surface area (TPSA) is 104 Å². The van der Waals surface area contributed by atoms with Gasteiger partial charge in [0.15, 0.2) is 29.4 Å². The molecule has 0 aromatic heterocycles. The second-order valence-electron chi connectivity index (χ2n) is 15.7. The predicted molar refractivity (Wildman–Crippen MR) is 253 cm³/mol. The molecule has 0 spiro atoms. The molecule has 0 aliphatic carbocycles. The van der Waals surface area contributed by atoms with Crippen molar-refractivity contribution >= 4 is 44.3 Å². The normalized spacial score (nSPS) is 10.5. The molecular weight excluding hydrogens is 955 g/mol. The van der Waals surface area contributed by atoms with Crippen molar-refractivity contribution in [1.29, 1.82) is 0 Å². The Morgan fingerprint density at radius 2 is 0.687 bits per heavy atom. The summed E-state index contributed by atoms with van der Waals surface area (Å²) in [6.45, 7) is 14.0. The van der Waals surface area contributed by atoms with Gasteiger partial charge in [0.25, 0.3) is 0 Å². The Morgan fingerprint density at radius 3 is 0.821 bits per heavy atom. The number of halogens is 5. The van der Waals surface area contributed by atoms with Gasteiger partial charge in [0.05, 0.1) is 48.4 Å². The maximum Gasteiger partial charge on any atom is 1.00 e. The van der Waals surface area contributed by atoms with E-state index >= 15 is 0 Å². The molecule has 0 amide bonds. The van der Waals surface area contributed by atoms with E-state index in [1.165, 1.54) is 40.5 Å². The van der Waals surface area contributed by atoms with E-state index in [1.807, 2.05) is 0 Å². The SMILES string of the molecule is CC(C)(C)c1ccc([S+](c2ccccc2)c2ccccc2)cc1.CC(C)(C)c1ccc([S+](c2ccccc2)c2ccccc2)cc1.COC(=O)C(C)(F)F.COC(=O)[C-](F)F.O=S(=O)=O.[ClH2+].[Na+]. The Balaban J connectivity index is 0.000000926. The summed E-state index contributed by atoms with van der Waals surface area (Å²) in [6, 6.07) is 61.5. The molecule has 0 aliphatic heterocycles. The van der Waals surface area contributed by atoms with Crippen molar-refractivity contribution < 1.29 is 91.2 Å². The van der Waals surface area contributed by atoms with Crippen molar-refractivity contribution in [2.75, 3.05) is 14.2 Å². The molecule has 354 valence electrons. The zero-order valence-electron chi connectivity index (χ0n) is 39.2. The number of benzene rings is 6. The number of carbonyl (C=O) groups excluding carboxylic acids is 2. The van der Waals surface area contributed by atoms with E-state index in [0.29, 0.717) is 6.92 Å². The molecule has 6 aromatic carbocycles. The molecule has 67 heavy (non-hydrogen) atoms. The molecule has 0 unspecified atom stereocenters. The van der Waals surface area contributed by atoms with Gasteiger partial charge in [0.1, 0.15) is 0 Å². The minimum Gasteiger partial charge on any atom is -0.487 e. The zero-order valence-corrected chi connectivity index (χ0v) is 44.6. The molecule has 0 atom stereocenters. The van der Waals surface area contributed by atoms with Crippen molar-refractivity contribution in [2.45, 2.75) is 94.6 Å². The van der Waals surface area contributed by atoms with Crippen LogP contribution in [-0.4, -0.2) is 44.7 Å². The molecule has 0 saturated carbocycles. The van der Waals surface area contributed by atoms with Crippen LogP contribution in [0.3, 0.4) is 0 Å². The van der Waals surface area contributed by atoms with Gasteiger partial charge >= 0.3 is 52.1 Å². The van der Waals surface area contributed by atoms with Crippen LogP contribution >= 0.6 is 0 Å². The molecular formula is C51H57ClF4NaO7S3+3. The maximum atomic E-state index is 11.6. The van der Waals surface area contributed by atoms with Crippen LogP contribution in [-0.2, 0) is 62.3 Å². The smallest absolute Gasteiger partial charge is 0.487 e. The largest absolute Gasteiger partial charge is 1.00 e. The summed E-state index contributed by atoms with van der Waals surface area (Å²) in [5.74, 6) is -6.42. The van der Waals surface area contributed by atoms with Crippen LogP contribution in [0.1, 0.15) is 59.6 Å². The third-order valence-electron chi connectivity index (χ3n) is 8.71. The molecule has 0 N–H and O–H groups in total. The Labute approximate surface area is 428 Å². The molecule has 0 radical (unpaired) electrons. The van der Waals surface area contributed by atoms with Gasteiger partial charge in [-0.25, -0.2) is 4.79 Å². The third kappa shape index (κ3) is 22.9. The Kier molecular flexibility index (Phi) is 28.7. The Morgan fingerprint density at radius 1 is 0.463 bits per heavy atom. The Hall–Kier alpha value is -4.54. The van der Waals surface area contributed by atoms with Crippen LogP contribution < -0.4 is 29.6 Å². The zero-order chi connectivity index (χ0) is 48.8. The van der Waals surface area contributed by atoms with Crippen LogP contribution in [0.2, 0.25) is 0 Å². The molecule has 0 saturated heterocycles. The number of ether oxygens (including phenoxy) is 2. The number of esters is 2. The van der Waals surface area contributed by atoms with E-state index < -0.39 is 34.9 Å². The van der Waals surface area contributed by atoms with Crippen molar-refractivity contribution in [1.82, 2.24) is 0 Å². The van der Waals surface area contributed by atoms with E-state index in [0.717, 1.165) is 14.2 Å². The Bertz CT molecular complexity index is 2200. The van der Waals surface area contributed by atoms with E-state index in [4.69, 9.17) is 12.6 Å². The quantitative estimate of drug-likeness (QED) is 0.0493. The molecule has 6 aromatic rings. The molecule has 0 bridgehead atoms. The summed E-state index contributed by atoms with van der Waals surface area (Å²) in [7, 11) is -1.40. The fourth-order valence-corrected chi connectivity index (χ4v) is 9.65. The van der Waals surface area contributed by atoms with Crippen LogP contribution in [0, 0.1) is 18.8 Å². The van der Waals surface area contributed by atoms with Gasteiger partial charge in [-0.2, -0.15) is 8.78 Å². The summed E-state index contributed by atoms with van der Waals surface area (Å²) < 4.78 is 77.7. The minimum absolute atomic E-state index is 0. The number of hydrogen-bond donors (Lipinski definition) is 0. The van der Waals surface area contributed by atoms with Crippen molar-refractivity contribution in [3.8, 4) is 0 Å². The summed E-state index contributed by atoms with van der Waals surface area (Å²) in [4.78, 5) is 27.6. The van der Waals surface area contributed by atoms with E-state index in [-0.39, 0.29) is 74.6 Å². The fourth-order valence-electron chi connectivity index (χ4n) is 5.48. The van der Waals surface area contributed by atoms with E-state index in [9.17, 15) is 27.2 Å². The first-order valence-corrected chi connectivity index (χ1v) is 23.3. The van der Waals surface area contributed by atoms with Crippen molar-refractivity contribution in [3.05, 3.63) is 187 Å². The van der Waals surface area contributed by atoms with Gasteiger partial charge in [0.2, 0.25) is 5.97 Å². The van der Waals surface area contributed by atoms with Crippen molar-refractivity contribution in [3.63, 3.8) is 0 Å². The average Bonchev–Trinajstić information content (AvgIpc) is 3.27. The number of carbonyl (C=O) groups is 2. The number of hydrogen-bond acceptors (Lipinski definition) is 7. The molecule has 6 rings (SSSR count). The standard InChI is InChI=1S/2C22H23S.C4H6F2O2.C3H3F2O2.ClH2.Na.O3S/c2*1-22(2,3)18-14-16-21(17-15-18)23(19-10-6-4-7-11-19)20-12-8-5-9-13-20;1-4(5,6)3(7)8-2;1-7-3(6)2(4)5;;;1-4(2)3/h2*4-17H,1-3H3;1-2H3;1H3;1H2;;/q2*+1;;-1;2*+1;. The first-order chi connectivity index (χ1) is 30.5. The first-order valence-electron chi connectivity index (χ1n) is 19.9. The number of alkyl halides is 2. The van der Waals surface area contributed by atoms with Gasteiger partial charge in [-0.3, -0.25) is 4.79 Å². The van der Waals surface area contributed by atoms with Crippen molar-refractivity contribution in [2.24, 2.45) is 0 Å². The molecule has 0 fully saturated rings. The third-order valence-corrected chi connectivity index (χ3v) is 13.2. The predicted octanol–water partition coefficient (Wildman–Crippen LogP) is 9.03. The fraction of sp³-hybridized carbons (Fsp3) is 0.235. The van der Waals surface area contributed by atoms with Crippen LogP contribution in [0.15, 0.2) is 199 Å². The monoisotopic (exact) mass is 1010 g/mol. The van der Waals surface area contributed by atoms with E-state index in [1.54, 1.807) is 0 Å².